The molecule has 5 amide bonds. The zero-order valence-electron chi connectivity index (χ0n) is 36.3. The zero-order chi connectivity index (χ0) is 44.4. The van der Waals surface area contributed by atoms with E-state index in [0.29, 0.717) is 33.7 Å². The molecule has 0 spiro atoms. The summed E-state index contributed by atoms with van der Waals surface area (Å²) in [6.07, 6.45) is 6.11. The number of nitrogens with zero attached hydrogens (tertiary/aromatic N) is 8. The molecule has 15 heteroatoms. The summed E-state index contributed by atoms with van der Waals surface area (Å²) in [5, 5.41) is 10.3. The number of nitrogens with two attached hydrogens (primary N) is 1. The molecule has 2 aromatic carbocycles. The molecule has 1 aliphatic carbocycles. The van der Waals surface area contributed by atoms with E-state index in [-0.39, 0.29) is 29.9 Å². The average Bonchev–Trinajstić information content (AvgIpc) is 3.53. The Kier molecular flexibility index (Phi) is 10.7. The Balaban J connectivity index is 0.815. The average molecular weight is 852 g/mol. The molecule has 63 heavy (non-hydrogen) atoms. The summed E-state index contributed by atoms with van der Waals surface area (Å²) < 4.78 is 6.68. The largest absolute Gasteiger partial charge is 0.488 e. The van der Waals surface area contributed by atoms with Gasteiger partial charge in [0.1, 0.15) is 29.8 Å². The number of piperazine rings is 1. The lowest BCUT2D eigenvalue weighted by Gasteiger charge is -2.66. The third-order valence-corrected chi connectivity index (χ3v) is 14.3. The summed E-state index contributed by atoms with van der Waals surface area (Å²) in [6, 6.07) is 16.5. The van der Waals surface area contributed by atoms with Gasteiger partial charge in [-0.3, -0.25) is 43.7 Å². The minimum atomic E-state index is -1.11. The zero-order valence-corrected chi connectivity index (χ0v) is 36.3. The number of anilines is 2. The summed E-state index contributed by atoms with van der Waals surface area (Å²) >= 11 is 0. The van der Waals surface area contributed by atoms with Crippen molar-refractivity contribution in [1.29, 1.82) is 5.26 Å². The number of hydrogen-bond acceptors (Lipinski definition) is 12. The van der Waals surface area contributed by atoms with E-state index in [1.807, 2.05) is 45.9 Å². The van der Waals surface area contributed by atoms with Crippen molar-refractivity contribution >= 4 is 51.9 Å². The first-order valence-electron chi connectivity index (χ1n) is 22.0. The SMILES string of the molecule is CC1(C)C(Oc2ccc(C#N)c3ncccc23)C(C)(C)C1N1C(=O)CCC(N2C(=O)c3ccc(N4CCN(CCC5CCN(c6ccc(C(N)=O)cn6)CC5)CC4)cc3C2=O)C1=O. The molecule has 2 N–H and O–H groups in total. The number of likely N-dealkylation sites (tertiary alicyclic amines) is 1. The molecule has 1 saturated carbocycles. The number of pyridine rings is 2. The summed E-state index contributed by atoms with van der Waals surface area (Å²) in [7, 11) is 0. The maximum absolute atomic E-state index is 14.5. The first kappa shape index (κ1) is 41.9. The predicted molar refractivity (Wildman–Crippen MR) is 235 cm³/mol. The molecule has 4 fully saturated rings. The number of fused-ring (bicyclic) bond motifs is 2. The Morgan fingerprint density at radius 3 is 2.25 bits per heavy atom. The first-order valence-corrected chi connectivity index (χ1v) is 22.0. The van der Waals surface area contributed by atoms with Crippen molar-refractivity contribution in [2.24, 2.45) is 22.5 Å². The van der Waals surface area contributed by atoms with Crippen molar-refractivity contribution in [3.8, 4) is 11.8 Å². The lowest BCUT2D eigenvalue weighted by molar-refractivity contribution is -0.215. The number of carbonyl (C=O) groups excluding carboxylic acids is 5. The monoisotopic (exact) mass is 851 g/mol. The van der Waals surface area contributed by atoms with Gasteiger partial charge in [0.2, 0.25) is 11.8 Å². The summed E-state index contributed by atoms with van der Waals surface area (Å²) in [5.74, 6) is -0.328. The van der Waals surface area contributed by atoms with Crippen molar-refractivity contribution in [3.63, 3.8) is 0 Å². The van der Waals surface area contributed by atoms with Crippen LogP contribution >= 0.6 is 0 Å². The van der Waals surface area contributed by atoms with E-state index in [4.69, 9.17) is 10.5 Å². The van der Waals surface area contributed by atoms with Crippen molar-refractivity contribution in [2.75, 3.05) is 55.6 Å². The number of carbonyl (C=O) groups is 5. The highest BCUT2D eigenvalue weighted by molar-refractivity contribution is 6.23. The molecule has 326 valence electrons. The van der Waals surface area contributed by atoms with Crippen molar-refractivity contribution in [3.05, 3.63) is 89.2 Å². The molecule has 4 aliphatic heterocycles. The number of piperidine rings is 2. The van der Waals surface area contributed by atoms with Crippen LogP contribution in [0.4, 0.5) is 11.5 Å². The van der Waals surface area contributed by atoms with E-state index in [1.165, 1.54) is 4.90 Å². The Labute approximate surface area is 366 Å². The minimum absolute atomic E-state index is 0.0180. The van der Waals surface area contributed by atoms with E-state index in [1.54, 1.807) is 48.8 Å². The van der Waals surface area contributed by atoms with Crippen LogP contribution in [0.5, 0.6) is 5.75 Å². The number of amides is 5. The van der Waals surface area contributed by atoms with Gasteiger partial charge in [-0.05, 0) is 92.7 Å². The number of primary amides is 1. The number of imide groups is 2. The quantitative estimate of drug-likeness (QED) is 0.210. The molecule has 2 aromatic heterocycles. The van der Waals surface area contributed by atoms with Crippen LogP contribution < -0.4 is 20.3 Å². The van der Waals surface area contributed by atoms with Crippen LogP contribution in [0.3, 0.4) is 0 Å². The summed E-state index contributed by atoms with van der Waals surface area (Å²) in [6.45, 7) is 14.0. The smallest absolute Gasteiger partial charge is 0.262 e. The van der Waals surface area contributed by atoms with Crippen LogP contribution in [-0.2, 0) is 9.59 Å². The predicted octanol–water partition coefficient (Wildman–Crippen LogP) is 5.02. The van der Waals surface area contributed by atoms with Gasteiger partial charge in [-0.2, -0.15) is 5.26 Å². The second-order valence-corrected chi connectivity index (χ2v) is 18.8. The Morgan fingerprint density at radius 2 is 1.57 bits per heavy atom. The number of aromatic nitrogens is 2. The van der Waals surface area contributed by atoms with Crippen LogP contribution in [0.1, 0.15) is 96.4 Å². The summed E-state index contributed by atoms with van der Waals surface area (Å²) in [4.78, 5) is 86.0. The third-order valence-electron chi connectivity index (χ3n) is 14.3. The fourth-order valence-electron chi connectivity index (χ4n) is 11.3. The van der Waals surface area contributed by atoms with E-state index in [2.05, 4.69) is 30.7 Å². The molecular formula is C48H53N9O6. The molecule has 0 radical (unpaired) electrons. The maximum atomic E-state index is 14.5. The number of rotatable bonds is 10. The van der Waals surface area contributed by atoms with Crippen LogP contribution in [0.2, 0.25) is 0 Å². The topological polar surface area (TPSA) is 186 Å². The van der Waals surface area contributed by atoms with Crippen molar-refractivity contribution in [1.82, 2.24) is 24.7 Å². The van der Waals surface area contributed by atoms with Gasteiger partial charge in [-0.15, -0.1) is 0 Å². The van der Waals surface area contributed by atoms with Gasteiger partial charge < -0.3 is 20.3 Å². The highest BCUT2D eigenvalue weighted by atomic mass is 16.5. The molecule has 15 nitrogen and oxygen atoms in total. The molecule has 5 aliphatic rings. The second kappa shape index (κ2) is 16.1. The van der Waals surface area contributed by atoms with Gasteiger partial charge in [-0.1, -0.05) is 27.7 Å². The van der Waals surface area contributed by atoms with Crippen molar-refractivity contribution in [2.45, 2.75) is 78.0 Å². The number of hydrogen-bond donors (Lipinski definition) is 1. The molecule has 3 saturated heterocycles. The summed E-state index contributed by atoms with van der Waals surface area (Å²) in [5.41, 5.74) is 6.74. The normalized spacial score (nSPS) is 23.8. The molecule has 1 unspecified atom stereocenters. The van der Waals surface area contributed by atoms with Gasteiger partial charge in [0.25, 0.3) is 17.7 Å². The number of benzene rings is 2. The van der Waals surface area contributed by atoms with Gasteiger partial charge in [0, 0.05) is 80.0 Å². The lowest BCUT2D eigenvalue weighted by atomic mass is 9.48. The third kappa shape index (κ3) is 7.23. The van der Waals surface area contributed by atoms with Crippen LogP contribution in [-0.4, -0.2) is 118 Å². The molecule has 1 atom stereocenters. The molecule has 0 bridgehead atoms. The van der Waals surface area contributed by atoms with E-state index in [9.17, 15) is 29.2 Å². The Bertz CT molecular complexity index is 2540. The fourth-order valence-corrected chi connectivity index (χ4v) is 11.3. The number of ether oxygens (including phenoxy) is 1. The Hall–Kier alpha value is -6.40. The van der Waals surface area contributed by atoms with E-state index < -0.39 is 52.6 Å². The molecule has 6 heterocycles. The van der Waals surface area contributed by atoms with Crippen LogP contribution in [0, 0.1) is 28.1 Å². The van der Waals surface area contributed by atoms with Gasteiger partial charge >= 0.3 is 0 Å². The van der Waals surface area contributed by atoms with Gasteiger partial charge in [0.15, 0.2) is 0 Å². The highest BCUT2D eigenvalue weighted by Crippen LogP contribution is 2.59. The standard InChI is InChI=1S/C48H53N9O6/c1-47(2)45(48(3,4)46(47)63-37-12-7-30(27-49)40-34(37)6-5-18-51-40)57-39(58)14-11-36(44(57)62)56-42(60)33-10-9-32(26-35(33)43(56)61)54-24-22-53(23-25-54)19-15-29-16-20-55(21-17-29)38-13-8-31(28-52-38)41(50)59/h5-10,12-13,18,26,28-29,36,45-46H,11,14-17,19-25H2,1-4H3,(H2,50,59). The minimum Gasteiger partial charge on any atom is -0.488 e. The first-order chi connectivity index (χ1) is 30.2. The Morgan fingerprint density at radius 1 is 0.841 bits per heavy atom. The maximum Gasteiger partial charge on any atom is 0.262 e. The highest BCUT2D eigenvalue weighted by Gasteiger charge is 2.68. The van der Waals surface area contributed by atoms with Crippen LogP contribution in [0.15, 0.2) is 67.0 Å². The van der Waals surface area contributed by atoms with Gasteiger partial charge in [0.05, 0.1) is 33.8 Å². The van der Waals surface area contributed by atoms with Gasteiger partial charge in [-0.25, -0.2) is 4.98 Å². The second-order valence-electron chi connectivity index (χ2n) is 18.8. The van der Waals surface area contributed by atoms with E-state index >= 15 is 0 Å². The van der Waals surface area contributed by atoms with E-state index in [0.717, 1.165) is 81.5 Å². The van der Waals surface area contributed by atoms with Crippen molar-refractivity contribution < 1.29 is 28.7 Å². The molecule has 4 aromatic rings. The number of nitriles is 1. The molecule has 9 rings (SSSR count). The fraction of sp³-hybridized carbons (Fsp3) is 0.458. The van der Waals surface area contributed by atoms with Crippen LogP contribution in [0.25, 0.3) is 10.9 Å². The molecular weight excluding hydrogens is 799 g/mol. The lowest BCUT2D eigenvalue weighted by Crippen LogP contribution is -2.77.